The Bertz CT molecular complexity index is 257. The zero-order valence-electron chi connectivity index (χ0n) is 9.65. The highest BCUT2D eigenvalue weighted by Gasteiger charge is 2.44. The van der Waals surface area contributed by atoms with E-state index in [1.165, 1.54) is 0 Å². The minimum Gasteiger partial charge on any atom is -0.386 e. The fraction of sp³-hybridized carbons (Fsp3) is 0.909. The third-order valence-electron chi connectivity index (χ3n) is 3.09. The van der Waals surface area contributed by atoms with Crippen molar-refractivity contribution < 1.29 is 19.4 Å². The van der Waals surface area contributed by atoms with Crippen LogP contribution in [0.5, 0.6) is 0 Å². The summed E-state index contributed by atoms with van der Waals surface area (Å²) in [6.07, 6.45) is 1.21. The van der Waals surface area contributed by atoms with E-state index in [1.54, 1.807) is 4.90 Å². The van der Waals surface area contributed by atoms with Crippen LogP contribution in [0, 0.1) is 0 Å². The number of hydrogen-bond acceptors (Lipinski definition) is 4. The predicted octanol–water partition coefficient (Wildman–Crippen LogP) is -0.225. The van der Waals surface area contributed by atoms with Gasteiger partial charge in [-0.1, -0.05) is 13.3 Å². The van der Waals surface area contributed by atoms with Gasteiger partial charge in [0.1, 0.15) is 0 Å². The number of carbonyl (C=O) groups is 1. The summed E-state index contributed by atoms with van der Waals surface area (Å²) in [6.45, 7) is 4.26. The lowest BCUT2D eigenvalue weighted by Gasteiger charge is -2.47. The normalized spacial score (nSPS) is 28.6. The summed E-state index contributed by atoms with van der Waals surface area (Å²) in [5.41, 5.74) is -0.667. The van der Waals surface area contributed by atoms with E-state index in [4.69, 9.17) is 9.47 Å². The molecule has 0 saturated carbocycles. The second-order valence-corrected chi connectivity index (χ2v) is 4.60. The van der Waals surface area contributed by atoms with Gasteiger partial charge in [0, 0.05) is 0 Å². The number of β-amino-alcohol motifs (C(OH)–C–C–N with tert-alkyl or cyclic N) is 1. The zero-order valence-corrected chi connectivity index (χ0v) is 9.65. The predicted molar refractivity (Wildman–Crippen MR) is 57.0 cm³/mol. The second kappa shape index (κ2) is 4.69. The molecule has 1 unspecified atom stereocenters. The molecule has 0 aromatic carbocycles. The number of hydrogen-bond donors (Lipinski definition) is 1. The van der Waals surface area contributed by atoms with E-state index in [-0.39, 0.29) is 5.91 Å². The van der Waals surface area contributed by atoms with Gasteiger partial charge >= 0.3 is 0 Å². The van der Waals surface area contributed by atoms with E-state index in [1.807, 2.05) is 6.92 Å². The van der Waals surface area contributed by atoms with Crippen LogP contribution in [0.15, 0.2) is 0 Å². The van der Waals surface area contributed by atoms with Crippen molar-refractivity contribution in [3.63, 3.8) is 0 Å². The highest BCUT2D eigenvalue weighted by atomic mass is 16.6. The summed E-state index contributed by atoms with van der Waals surface area (Å²) < 4.78 is 10.5. The zero-order chi connectivity index (χ0) is 11.6. The molecule has 0 aromatic rings. The summed E-state index contributed by atoms with van der Waals surface area (Å²) in [6, 6.07) is 0. The Balaban J connectivity index is 1.80. The molecule has 2 fully saturated rings. The fourth-order valence-electron chi connectivity index (χ4n) is 2.28. The Morgan fingerprint density at radius 3 is 2.81 bits per heavy atom. The Morgan fingerprint density at radius 1 is 1.50 bits per heavy atom. The SMILES string of the molecule is CCCC1(O)CN(C(=O)C2COCCO2)C1. The van der Waals surface area contributed by atoms with Crippen molar-refractivity contribution in [2.75, 3.05) is 32.9 Å². The van der Waals surface area contributed by atoms with Crippen LogP contribution in [-0.4, -0.2) is 60.5 Å². The van der Waals surface area contributed by atoms with Gasteiger partial charge in [-0.3, -0.25) is 4.79 Å². The van der Waals surface area contributed by atoms with Crippen molar-refractivity contribution in [3.05, 3.63) is 0 Å². The van der Waals surface area contributed by atoms with Crippen LogP contribution in [-0.2, 0) is 14.3 Å². The lowest BCUT2D eigenvalue weighted by atomic mass is 9.89. The molecule has 2 rings (SSSR count). The summed E-state index contributed by atoms with van der Waals surface area (Å²) in [4.78, 5) is 13.5. The fourth-order valence-corrected chi connectivity index (χ4v) is 2.28. The monoisotopic (exact) mass is 229 g/mol. The maximum atomic E-state index is 11.9. The Kier molecular flexibility index (Phi) is 3.47. The largest absolute Gasteiger partial charge is 0.386 e. The molecule has 0 aromatic heterocycles. The molecule has 0 aliphatic carbocycles. The van der Waals surface area contributed by atoms with Gasteiger partial charge in [-0.05, 0) is 6.42 Å². The van der Waals surface area contributed by atoms with Gasteiger partial charge in [0.25, 0.3) is 5.91 Å². The molecule has 92 valence electrons. The number of carbonyl (C=O) groups excluding carboxylic acids is 1. The molecule has 1 amide bonds. The van der Waals surface area contributed by atoms with Gasteiger partial charge < -0.3 is 19.5 Å². The van der Waals surface area contributed by atoms with E-state index < -0.39 is 11.7 Å². The maximum absolute atomic E-state index is 11.9. The molecule has 2 aliphatic heterocycles. The van der Waals surface area contributed by atoms with Crippen molar-refractivity contribution >= 4 is 5.91 Å². The van der Waals surface area contributed by atoms with E-state index in [0.717, 1.165) is 12.8 Å². The van der Waals surface area contributed by atoms with Crippen molar-refractivity contribution in [1.82, 2.24) is 4.90 Å². The first-order valence-corrected chi connectivity index (χ1v) is 5.85. The number of ether oxygens (including phenoxy) is 2. The molecule has 1 N–H and O–H groups in total. The van der Waals surface area contributed by atoms with E-state index in [2.05, 4.69) is 0 Å². The summed E-state index contributed by atoms with van der Waals surface area (Å²) >= 11 is 0. The second-order valence-electron chi connectivity index (χ2n) is 4.60. The van der Waals surface area contributed by atoms with Crippen molar-refractivity contribution in [2.24, 2.45) is 0 Å². The molecule has 2 heterocycles. The van der Waals surface area contributed by atoms with Crippen LogP contribution in [0.1, 0.15) is 19.8 Å². The molecule has 0 radical (unpaired) electrons. The number of amides is 1. The Labute approximate surface area is 95.3 Å². The number of aliphatic hydroxyl groups is 1. The summed E-state index contributed by atoms with van der Waals surface area (Å²) in [5.74, 6) is -0.0551. The molecular weight excluding hydrogens is 210 g/mol. The third kappa shape index (κ3) is 2.36. The molecule has 2 aliphatic rings. The first-order valence-electron chi connectivity index (χ1n) is 5.85. The van der Waals surface area contributed by atoms with Crippen molar-refractivity contribution in [2.45, 2.75) is 31.5 Å². The number of rotatable bonds is 3. The standard InChI is InChI=1S/C11H19NO4/c1-2-3-11(14)7-12(8-11)10(13)9-6-15-4-5-16-9/h9,14H,2-8H2,1H3. The lowest BCUT2D eigenvalue weighted by molar-refractivity contribution is -0.178. The minimum atomic E-state index is -0.667. The first-order chi connectivity index (χ1) is 7.64. The van der Waals surface area contributed by atoms with Gasteiger partial charge in [0.05, 0.1) is 38.5 Å². The number of likely N-dealkylation sites (tertiary alicyclic amines) is 1. The van der Waals surface area contributed by atoms with Crippen LogP contribution in [0.3, 0.4) is 0 Å². The first kappa shape index (κ1) is 11.8. The van der Waals surface area contributed by atoms with Gasteiger partial charge in [0.2, 0.25) is 0 Å². The summed E-state index contributed by atoms with van der Waals surface area (Å²) in [5, 5.41) is 9.96. The third-order valence-corrected chi connectivity index (χ3v) is 3.09. The molecule has 0 bridgehead atoms. The molecule has 5 nitrogen and oxygen atoms in total. The maximum Gasteiger partial charge on any atom is 0.254 e. The highest BCUT2D eigenvalue weighted by Crippen LogP contribution is 2.26. The van der Waals surface area contributed by atoms with Crippen molar-refractivity contribution in [1.29, 1.82) is 0 Å². The van der Waals surface area contributed by atoms with E-state index >= 15 is 0 Å². The smallest absolute Gasteiger partial charge is 0.254 e. The minimum absolute atomic E-state index is 0.0551. The molecule has 16 heavy (non-hydrogen) atoms. The highest BCUT2D eigenvalue weighted by molar-refractivity contribution is 5.82. The Hall–Kier alpha value is -0.650. The van der Waals surface area contributed by atoms with Crippen LogP contribution in [0.25, 0.3) is 0 Å². The van der Waals surface area contributed by atoms with E-state index in [0.29, 0.717) is 32.9 Å². The van der Waals surface area contributed by atoms with E-state index in [9.17, 15) is 9.90 Å². The number of nitrogens with zero attached hydrogens (tertiary/aromatic N) is 1. The lowest BCUT2D eigenvalue weighted by Crippen LogP contribution is -2.65. The van der Waals surface area contributed by atoms with Crippen LogP contribution >= 0.6 is 0 Å². The van der Waals surface area contributed by atoms with Gasteiger partial charge in [0.15, 0.2) is 6.10 Å². The van der Waals surface area contributed by atoms with Gasteiger partial charge in [-0.25, -0.2) is 0 Å². The Morgan fingerprint density at radius 2 is 2.25 bits per heavy atom. The molecule has 2 saturated heterocycles. The average Bonchev–Trinajstić information content (AvgIpc) is 2.26. The van der Waals surface area contributed by atoms with Crippen LogP contribution in [0.2, 0.25) is 0 Å². The topological polar surface area (TPSA) is 59.0 Å². The van der Waals surface area contributed by atoms with Crippen molar-refractivity contribution in [3.8, 4) is 0 Å². The molecule has 0 spiro atoms. The summed E-state index contributed by atoms with van der Waals surface area (Å²) in [7, 11) is 0. The molecular formula is C11H19NO4. The molecule has 1 atom stereocenters. The van der Waals surface area contributed by atoms with Crippen LogP contribution < -0.4 is 0 Å². The quantitative estimate of drug-likeness (QED) is 0.726. The average molecular weight is 229 g/mol. The van der Waals surface area contributed by atoms with Crippen LogP contribution in [0.4, 0.5) is 0 Å². The van der Waals surface area contributed by atoms with Gasteiger partial charge in [-0.2, -0.15) is 0 Å². The van der Waals surface area contributed by atoms with Gasteiger partial charge in [-0.15, -0.1) is 0 Å². The molecule has 5 heteroatoms.